The van der Waals surface area contributed by atoms with E-state index < -0.39 is 0 Å². The van der Waals surface area contributed by atoms with Gasteiger partial charge in [0.25, 0.3) is 0 Å². The molecule has 2 aromatic carbocycles. The molecule has 0 bridgehead atoms. The third-order valence-electron chi connectivity index (χ3n) is 6.34. The van der Waals surface area contributed by atoms with Crippen LogP contribution in [0.3, 0.4) is 0 Å². The van der Waals surface area contributed by atoms with Gasteiger partial charge >= 0.3 is 0 Å². The van der Waals surface area contributed by atoms with Crippen molar-refractivity contribution in [2.75, 3.05) is 0 Å². The summed E-state index contributed by atoms with van der Waals surface area (Å²) in [4.78, 5) is 0. The molecule has 0 aromatic heterocycles. The van der Waals surface area contributed by atoms with Gasteiger partial charge < -0.3 is 0 Å². The lowest BCUT2D eigenvalue weighted by atomic mass is 9.86. The molecule has 0 heteroatoms. The molecule has 1 unspecified atom stereocenters. The third kappa shape index (κ3) is 7.21. The Balaban J connectivity index is 1.52. The SMILES string of the molecule is CCCCCCC1CC=C(C#Cc2ccc(-c3ccc(CCCC)cc3)cc2)CC1. The maximum Gasteiger partial charge on any atom is 0.0249 e. The van der Waals surface area contributed by atoms with E-state index in [2.05, 4.69) is 80.3 Å². The van der Waals surface area contributed by atoms with Gasteiger partial charge in [-0.25, -0.2) is 0 Å². The zero-order chi connectivity index (χ0) is 21.0. The molecule has 0 nitrogen and oxygen atoms in total. The van der Waals surface area contributed by atoms with E-state index in [1.54, 1.807) is 0 Å². The van der Waals surface area contributed by atoms with Crippen molar-refractivity contribution in [1.29, 1.82) is 0 Å². The first-order valence-electron chi connectivity index (χ1n) is 12.2. The molecule has 0 amide bonds. The van der Waals surface area contributed by atoms with Crippen molar-refractivity contribution < 1.29 is 0 Å². The number of allylic oxidation sites excluding steroid dienone is 2. The van der Waals surface area contributed by atoms with Crippen LogP contribution in [-0.4, -0.2) is 0 Å². The Labute approximate surface area is 184 Å². The highest BCUT2D eigenvalue weighted by Gasteiger charge is 2.13. The van der Waals surface area contributed by atoms with E-state index in [9.17, 15) is 0 Å². The number of hydrogen-bond donors (Lipinski definition) is 0. The van der Waals surface area contributed by atoms with Crippen molar-refractivity contribution in [2.45, 2.75) is 84.5 Å². The van der Waals surface area contributed by atoms with Crippen LogP contribution in [-0.2, 0) is 6.42 Å². The standard InChI is InChI=1S/C30H38/c1-3-5-7-8-10-26-11-13-27(14-12-26)15-16-28-19-23-30(24-20-28)29-21-17-25(18-22-29)9-6-4-2/h13,17-24,26H,3-12,14H2,1-2H3. The van der Waals surface area contributed by atoms with Gasteiger partial charge in [-0.1, -0.05) is 107 Å². The van der Waals surface area contributed by atoms with Crippen LogP contribution < -0.4 is 0 Å². The number of unbranched alkanes of at least 4 members (excludes halogenated alkanes) is 4. The second-order valence-electron chi connectivity index (χ2n) is 8.85. The predicted octanol–water partition coefficient (Wildman–Crippen LogP) is 8.74. The van der Waals surface area contributed by atoms with E-state index >= 15 is 0 Å². The van der Waals surface area contributed by atoms with E-state index in [4.69, 9.17) is 0 Å². The smallest absolute Gasteiger partial charge is 0.0249 e. The van der Waals surface area contributed by atoms with Gasteiger partial charge in [-0.2, -0.15) is 0 Å². The van der Waals surface area contributed by atoms with Crippen molar-refractivity contribution in [3.63, 3.8) is 0 Å². The first kappa shape index (κ1) is 22.4. The lowest BCUT2D eigenvalue weighted by molar-refractivity contribution is 0.417. The molecule has 1 atom stereocenters. The first-order valence-corrected chi connectivity index (χ1v) is 12.2. The molecule has 1 aliphatic carbocycles. The van der Waals surface area contributed by atoms with Crippen molar-refractivity contribution in [1.82, 2.24) is 0 Å². The average molecular weight is 399 g/mol. The van der Waals surface area contributed by atoms with Crippen LogP contribution >= 0.6 is 0 Å². The lowest BCUT2D eigenvalue weighted by Crippen LogP contribution is -2.05. The van der Waals surface area contributed by atoms with Crippen LogP contribution in [0.25, 0.3) is 11.1 Å². The molecular weight excluding hydrogens is 360 g/mol. The topological polar surface area (TPSA) is 0 Å². The molecule has 0 fully saturated rings. The zero-order valence-corrected chi connectivity index (χ0v) is 19.1. The van der Waals surface area contributed by atoms with Crippen LogP contribution in [0.1, 0.15) is 89.2 Å². The summed E-state index contributed by atoms with van der Waals surface area (Å²) in [6.45, 7) is 4.53. The Hall–Kier alpha value is -2.26. The van der Waals surface area contributed by atoms with Gasteiger partial charge in [0.1, 0.15) is 0 Å². The van der Waals surface area contributed by atoms with Crippen LogP contribution in [0.15, 0.2) is 60.2 Å². The van der Waals surface area contributed by atoms with Gasteiger partial charge in [0.2, 0.25) is 0 Å². The van der Waals surface area contributed by atoms with Crippen molar-refractivity contribution in [3.8, 4) is 23.0 Å². The number of aryl methyl sites for hydroxylation is 1. The maximum absolute atomic E-state index is 3.43. The molecule has 0 N–H and O–H groups in total. The fourth-order valence-electron chi connectivity index (χ4n) is 4.27. The minimum Gasteiger partial charge on any atom is -0.0726 e. The highest BCUT2D eigenvalue weighted by atomic mass is 14.2. The molecule has 0 saturated carbocycles. The molecule has 0 saturated heterocycles. The molecule has 0 heterocycles. The van der Waals surface area contributed by atoms with Gasteiger partial charge in [-0.15, -0.1) is 0 Å². The largest absolute Gasteiger partial charge is 0.0726 e. The van der Waals surface area contributed by atoms with Crippen molar-refractivity contribution in [3.05, 3.63) is 71.3 Å². The van der Waals surface area contributed by atoms with E-state index in [0.29, 0.717) is 0 Å². The van der Waals surface area contributed by atoms with Gasteiger partial charge in [0.15, 0.2) is 0 Å². The number of benzene rings is 2. The highest BCUT2D eigenvalue weighted by Crippen LogP contribution is 2.27. The Morgan fingerprint density at radius 1 is 0.767 bits per heavy atom. The fraction of sp³-hybridized carbons (Fsp3) is 0.467. The molecule has 2 aromatic rings. The predicted molar refractivity (Wildman–Crippen MR) is 132 cm³/mol. The van der Waals surface area contributed by atoms with Crippen LogP contribution in [0.4, 0.5) is 0 Å². The van der Waals surface area contributed by atoms with Gasteiger partial charge in [-0.05, 0) is 72.4 Å². The minimum atomic E-state index is 0.889. The van der Waals surface area contributed by atoms with E-state index in [0.717, 1.165) is 17.9 Å². The summed E-state index contributed by atoms with van der Waals surface area (Å²) < 4.78 is 0. The lowest BCUT2D eigenvalue weighted by Gasteiger charge is -2.19. The van der Waals surface area contributed by atoms with Crippen molar-refractivity contribution in [2.24, 2.45) is 5.92 Å². The molecule has 0 aliphatic heterocycles. The van der Waals surface area contributed by atoms with Crippen LogP contribution in [0, 0.1) is 17.8 Å². The number of rotatable bonds is 9. The molecular formula is C30H38. The Morgan fingerprint density at radius 3 is 2.10 bits per heavy atom. The average Bonchev–Trinajstić information content (AvgIpc) is 2.81. The molecule has 158 valence electrons. The Morgan fingerprint density at radius 2 is 1.47 bits per heavy atom. The van der Waals surface area contributed by atoms with E-state index in [1.807, 2.05) is 0 Å². The van der Waals surface area contributed by atoms with Crippen LogP contribution in [0.5, 0.6) is 0 Å². The molecule has 3 rings (SSSR count). The summed E-state index contributed by atoms with van der Waals surface area (Å²) >= 11 is 0. The first-order chi connectivity index (χ1) is 14.8. The summed E-state index contributed by atoms with van der Waals surface area (Å²) in [5.74, 6) is 7.70. The molecule has 1 aliphatic rings. The third-order valence-corrected chi connectivity index (χ3v) is 6.34. The van der Waals surface area contributed by atoms with Crippen molar-refractivity contribution >= 4 is 0 Å². The molecule has 0 spiro atoms. The van der Waals surface area contributed by atoms with E-state index in [-0.39, 0.29) is 0 Å². The summed E-state index contributed by atoms with van der Waals surface area (Å²) in [6, 6.07) is 17.8. The van der Waals surface area contributed by atoms with Gasteiger partial charge in [-0.3, -0.25) is 0 Å². The number of hydrogen-bond acceptors (Lipinski definition) is 0. The summed E-state index contributed by atoms with van der Waals surface area (Å²) in [5.41, 5.74) is 6.44. The quantitative estimate of drug-likeness (QED) is 0.292. The minimum absolute atomic E-state index is 0.889. The second-order valence-corrected chi connectivity index (χ2v) is 8.85. The Kier molecular flexibility index (Phi) is 9.30. The van der Waals surface area contributed by atoms with Crippen LogP contribution in [0.2, 0.25) is 0 Å². The fourth-order valence-corrected chi connectivity index (χ4v) is 4.27. The molecule has 30 heavy (non-hydrogen) atoms. The van der Waals surface area contributed by atoms with Gasteiger partial charge in [0.05, 0.1) is 0 Å². The molecule has 0 radical (unpaired) electrons. The normalized spacial score (nSPS) is 15.9. The monoisotopic (exact) mass is 398 g/mol. The van der Waals surface area contributed by atoms with E-state index in [1.165, 1.54) is 86.5 Å². The maximum atomic E-state index is 3.43. The zero-order valence-electron chi connectivity index (χ0n) is 19.1. The highest BCUT2D eigenvalue weighted by molar-refractivity contribution is 5.64. The summed E-state index contributed by atoms with van der Waals surface area (Å²) in [5, 5.41) is 0. The summed E-state index contributed by atoms with van der Waals surface area (Å²) in [6.07, 6.45) is 16.7. The Bertz CT molecular complexity index is 840. The summed E-state index contributed by atoms with van der Waals surface area (Å²) in [7, 11) is 0. The second kappa shape index (κ2) is 12.4. The van der Waals surface area contributed by atoms with Gasteiger partial charge in [0, 0.05) is 5.56 Å².